The minimum absolute atomic E-state index is 0.00648. The Morgan fingerprint density at radius 2 is 1.72 bits per heavy atom. The highest BCUT2D eigenvalue weighted by Gasteiger charge is 2.34. The third-order valence-corrected chi connectivity index (χ3v) is 7.24. The molecule has 0 radical (unpaired) electrons. The molecule has 1 amide bonds. The highest BCUT2D eigenvalue weighted by molar-refractivity contribution is 9.10. The van der Waals surface area contributed by atoms with Crippen molar-refractivity contribution in [3.63, 3.8) is 0 Å². The van der Waals surface area contributed by atoms with Crippen molar-refractivity contribution in [3.05, 3.63) is 94.0 Å². The van der Waals surface area contributed by atoms with Crippen LogP contribution in [0, 0.1) is 6.92 Å². The van der Waals surface area contributed by atoms with E-state index >= 15 is 0 Å². The minimum Gasteiger partial charge on any atom is -0.431 e. The van der Waals surface area contributed by atoms with Gasteiger partial charge in [-0.2, -0.15) is 0 Å². The summed E-state index contributed by atoms with van der Waals surface area (Å²) in [6, 6.07) is 20.0. The second-order valence-electron chi connectivity index (χ2n) is 9.87. The molecule has 43 heavy (non-hydrogen) atoms. The number of amides is 1. The third-order valence-electron chi connectivity index (χ3n) is 6.75. The number of carbonyl (C=O) groups excluding carboxylic acids is 2. The summed E-state index contributed by atoms with van der Waals surface area (Å²) in [5, 5.41) is 3.34. The number of pyridine rings is 1. The molecule has 0 fully saturated rings. The molecule has 0 aliphatic heterocycles. The van der Waals surface area contributed by atoms with E-state index in [1.165, 1.54) is 18.2 Å². The van der Waals surface area contributed by atoms with Crippen LogP contribution in [0.2, 0.25) is 0 Å². The van der Waals surface area contributed by atoms with Crippen LogP contribution < -0.4 is 10.1 Å². The molecule has 6 nitrogen and oxygen atoms in total. The molecule has 1 heterocycles. The molecular formula is C32H29BrF4N2O4. The summed E-state index contributed by atoms with van der Waals surface area (Å²) in [4.78, 5) is 31.2. The number of nitrogens with zero attached hydrogens (tertiary/aromatic N) is 1. The van der Waals surface area contributed by atoms with Crippen LogP contribution in [0.15, 0.2) is 77.3 Å². The first-order valence-corrected chi connectivity index (χ1v) is 14.4. The Bertz CT molecular complexity index is 1600. The van der Waals surface area contributed by atoms with E-state index in [-0.39, 0.29) is 18.5 Å². The number of nitrogens with one attached hydrogen (secondary N) is 1. The number of alkyl halides is 4. The minimum atomic E-state index is -5.00. The summed E-state index contributed by atoms with van der Waals surface area (Å²) >= 11 is 3.44. The van der Waals surface area contributed by atoms with Crippen molar-refractivity contribution in [1.29, 1.82) is 0 Å². The number of fused-ring (bicyclic) bond motifs is 1. The second kappa shape index (κ2) is 14.0. The number of aromatic nitrogens is 1. The van der Waals surface area contributed by atoms with Gasteiger partial charge in [0.25, 0.3) is 5.91 Å². The number of carbonyl (C=O) groups is 2. The monoisotopic (exact) mass is 660 g/mol. The van der Waals surface area contributed by atoms with E-state index in [9.17, 15) is 27.2 Å². The number of esters is 1. The zero-order chi connectivity index (χ0) is 31.1. The van der Waals surface area contributed by atoms with E-state index in [1.54, 1.807) is 32.0 Å². The molecule has 2 unspecified atom stereocenters. The molecule has 2 atom stereocenters. The molecule has 4 aromatic rings. The Hall–Kier alpha value is -3.99. The van der Waals surface area contributed by atoms with E-state index in [0.717, 1.165) is 16.1 Å². The van der Waals surface area contributed by atoms with Crippen LogP contribution in [-0.2, 0) is 9.53 Å². The van der Waals surface area contributed by atoms with Gasteiger partial charge in [0.05, 0.1) is 23.2 Å². The van der Waals surface area contributed by atoms with Crippen molar-refractivity contribution in [2.45, 2.75) is 51.7 Å². The maximum absolute atomic E-state index is 14.1. The normalized spacial score (nSPS) is 12.9. The second-order valence-corrected chi connectivity index (χ2v) is 10.8. The highest BCUT2D eigenvalue weighted by Crippen LogP contribution is 2.34. The zero-order valence-corrected chi connectivity index (χ0v) is 25.0. The van der Waals surface area contributed by atoms with Crippen LogP contribution >= 0.6 is 15.9 Å². The lowest BCUT2D eigenvalue weighted by Gasteiger charge is -2.22. The molecule has 1 N–H and O–H groups in total. The average Bonchev–Trinajstić information content (AvgIpc) is 2.95. The highest BCUT2D eigenvalue weighted by atomic mass is 79.9. The lowest BCUT2D eigenvalue weighted by molar-refractivity contribution is -0.275. The number of rotatable bonds is 11. The van der Waals surface area contributed by atoms with Gasteiger partial charge in [-0.05, 0) is 48.7 Å². The van der Waals surface area contributed by atoms with Crippen LogP contribution in [0.1, 0.15) is 53.6 Å². The predicted molar refractivity (Wildman–Crippen MR) is 158 cm³/mol. The number of hydrogen-bond acceptors (Lipinski definition) is 5. The molecule has 3 aromatic carbocycles. The number of hydrogen-bond donors (Lipinski definition) is 1. The van der Waals surface area contributed by atoms with Gasteiger partial charge in [-0.25, -0.2) is 9.37 Å². The summed E-state index contributed by atoms with van der Waals surface area (Å²) in [5.41, 5.74) is 2.86. The Kier molecular flexibility index (Phi) is 10.4. The first kappa shape index (κ1) is 31.9. The molecule has 0 aliphatic carbocycles. The molecule has 11 heteroatoms. The topological polar surface area (TPSA) is 77.5 Å². The average molecular weight is 661 g/mol. The van der Waals surface area contributed by atoms with Crippen molar-refractivity contribution >= 4 is 38.7 Å². The molecule has 1 aromatic heterocycles. The Balaban J connectivity index is 1.70. The van der Waals surface area contributed by atoms with Gasteiger partial charge in [-0.15, -0.1) is 13.2 Å². The number of benzene rings is 3. The molecule has 0 saturated carbocycles. The SMILES string of the molecule is CCCC(F)OC(=O)CC(CNC(=O)c1c(C)c(-c2ccccc2)nc2ccc(Br)cc12)c1ccccc1OC(F)(F)F. The van der Waals surface area contributed by atoms with E-state index in [4.69, 9.17) is 9.72 Å². The number of halogens is 5. The fourth-order valence-corrected chi connectivity index (χ4v) is 5.17. The van der Waals surface area contributed by atoms with E-state index < -0.39 is 42.7 Å². The van der Waals surface area contributed by atoms with Gasteiger partial charge < -0.3 is 14.8 Å². The Morgan fingerprint density at radius 3 is 2.42 bits per heavy atom. The quantitative estimate of drug-likeness (QED) is 0.129. The first-order chi connectivity index (χ1) is 20.5. The van der Waals surface area contributed by atoms with Gasteiger partial charge in [0.1, 0.15) is 5.75 Å². The van der Waals surface area contributed by atoms with Gasteiger partial charge in [0.15, 0.2) is 0 Å². The molecule has 0 spiro atoms. The third kappa shape index (κ3) is 8.31. The van der Waals surface area contributed by atoms with Gasteiger partial charge in [-0.1, -0.05) is 71.4 Å². The maximum atomic E-state index is 14.1. The van der Waals surface area contributed by atoms with Gasteiger partial charge in [0, 0.05) is 34.3 Å². The molecule has 4 rings (SSSR count). The maximum Gasteiger partial charge on any atom is 0.573 e. The lowest BCUT2D eigenvalue weighted by Crippen LogP contribution is -2.31. The smallest absolute Gasteiger partial charge is 0.431 e. The van der Waals surface area contributed by atoms with Crippen molar-refractivity contribution in [3.8, 4) is 17.0 Å². The zero-order valence-electron chi connectivity index (χ0n) is 23.4. The fraction of sp³-hybridized carbons (Fsp3) is 0.281. The van der Waals surface area contributed by atoms with Crippen LogP contribution in [0.4, 0.5) is 17.6 Å². The molecule has 0 aliphatic rings. The van der Waals surface area contributed by atoms with Crippen LogP contribution in [0.5, 0.6) is 5.75 Å². The Labute approximate surface area is 254 Å². The van der Waals surface area contributed by atoms with Crippen molar-refractivity contribution < 1.29 is 36.6 Å². The van der Waals surface area contributed by atoms with Gasteiger partial charge in [0.2, 0.25) is 6.36 Å². The molecule has 0 saturated heterocycles. The van der Waals surface area contributed by atoms with Crippen LogP contribution in [-0.4, -0.2) is 36.1 Å². The molecule has 226 valence electrons. The lowest BCUT2D eigenvalue weighted by atomic mass is 9.93. The summed E-state index contributed by atoms with van der Waals surface area (Å²) in [7, 11) is 0. The fourth-order valence-electron chi connectivity index (χ4n) is 4.81. The molecule has 0 bridgehead atoms. The van der Waals surface area contributed by atoms with Gasteiger partial charge >= 0.3 is 12.3 Å². The Morgan fingerprint density at radius 1 is 1.02 bits per heavy atom. The molecular weight excluding hydrogens is 632 g/mol. The van der Waals surface area contributed by atoms with E-state index in [2.05, 4.69) is 26.0 Å². The summed E-state index contributed by atoms with van der Waals surface area (Å²) in [5.74, 6) is -3.05. The van der Waals surface area contributed by atoms with E-state index in [0.29, 0.717) is 34.1 Å². The first-order valence-electron chi connectivity index (χ1n) is 13.6. The summed E-state index contributed by atoms with van der Waals surface area (Å²) in [6.45, 7) is 3.21. The van der Waals surface area contributed by atoms with E-state index in [1.807, 2.05) is 30.3 Å². The van der Waals surface area contributed by atoms with Crippen molar-refractivity contribution in [2.75, 3.05) is 6.54 Å². The standard InChI is InChI=1S/C32H29BrF4N2O4/c1-3-9-27(34)42-28(40)16-21(23-12-7-8-13-26(23)43-32(35,36)37)18-38-31(41)29-19(2)30(20-10-5-4-6-11-20)39-25-15-14-22(33)17-24(25)29/h4-8,10-15,17,21,27H,3,9,16,18H2,1-2H3,(H,38,41). The number of ether oxygens (including phenoxy) is 2. The van der Waals surface area contributed by atoms with Crippen LogP contribution in [0.3, 0.4) is 0 Å². The van der Waals surface area contributed by atoms with Gasteiger partial charge in [-0.3, -0.25) is 9.59 Å². The van der Waals surface area contributed by atoms with Crippen LogP contribution in [0.25, 0.3) is 22.2 Å². The van der Waals surface area contributed by atoms with Crippen molar-refractivity contribution in [1.82, 2.24) is 10.3 Å². The number of para-hydroxylation sites is 1. The largest absolute Gasteiger partial charge is 0.573 e. The summed E-state index contributed by atoms with van der Waals surface area (Å²) in [6.07, 6.45) is -6.94. The summed E-state index contributed by atoms with van der Waals surface area (Å²) < 4.78 is 63.4. The van der Waals surface area contributed by atoms with Crippen molar-refractivity contribution in [2.24, 2.45) is 0 Å². The predicted octanol–water partition coefficient (Wildman–Crippen LogP) is 8.41.